The highest BCUT2D eigenvalue weighted by molar-refractivity contribution is 9.10. The van der Waals surface area contributed by atoms with E-state index in [2.05, 4.69) is 26.6 Å². The number of ether oxygens (including phenoxy) is 1. The first-order valence-corrected chi connectivity index (χ1v) is 8.77. The molecule has 0 unspecified atom stereocenters. The fourth-order valence-corrected chi connectivity index (χ4v) is 2.78. The van der Waals surface area contributed by atoms with Crippen molar-refractivity contribution in [2.24, 2.45) is 0 Å². The van der Waals surface area contributed by atoms with Crippen LogP contribution in [0.3, 0.4) is 0 Å². The lowest BCUT2D eigenvalue weighted by atomic mass is 10.2. The maximum atomic E-state index is 12.2. The van der Waals surface area contributed by atoms with E-state index in [0.717, 1.165) is 23.9 Å². The van der Waals surface area contributed by atoms with Crippen LogP contribution in [0.2, 0.25) is 0 Å². The van der Waals surface area contributed by atoms with Crippen molar-refractivity contribution in [2.45, 2.75) is 28.9 Å². The van der Waals surface area contributed by atoms with Crippen LogP contribution in [0.1, 0.15) is 23.2 Å². The number of hydrogen-bond acceptors (Lipinski definition) is 3. The van der Waals surface area contributed by atoms with E-state index in [1.165, 1.54) is 0 Å². The quantitative estimate of drug-likeness (QED) is 0.554. The van der Waals surface area contributed by atoms with Gasteiger partial charge in [-0.15, -0.1) is 0 Å². The molecule has 2 rings (SSSR count). The van der Waals surface area contributed by atoms with Crippen molar-refractivity contribution in [1.82, 2.24) is 10.6 Å². The second-order valence-electron chi connectivity index (χ2n) is 5.00. The van der Waals surface area contributed by atoms with Crippen molar-refractivity contribution in [3.63, 3.8) is 0 Å². The van der Waals surface area contributed by atoms with E-state index in [-0.39, 0.29) is 12.0 Å². The minimum atomic E-state index is -1.66. The lowest BCUT2D eigenvalue weighted by Crippen LogP contribution is -2.54. The SMILES string of the molecule is O=C(N[C@@H](NC[C@@H]1CCCO1)C(Cl)(Cl)Cl)c1ccc(Br)cc1. The van der Waals surface area contributed by atoms with E-state index in [1.807, 2.05) is 0 Å². The Morgan fingerprint density at radius 1 is 1.36 bits per heavy atom. The van der Waals surface area contributed by atoms with E-state index in [1.54, 1.807) is 24.3 Å². The van der Waals surface area contributed by atoms with Crippen LogP contribution in [-0.2, 0) is 4.74 Å². The van der Waals surface area contributed by atoms with Gasteiger partial charge in [-0.25, -0.2) is 0 Å². The molecule has 0 aliphatic carbocycles. The predicted molar refractivity (Wildman–Crippen MR) is 92.7 cm³/mol. The first-order chi connectivity index (χ1) is 10.4. The summed E-state index contributed by atoms with van der Waals surface area (Å²) in [6.07, 6.45) is 1.26. The van der Waals surface area contributed by atoms with Gasteiger partial charge >= 0.3 is 0 Å². The molecule has 1 aliphatic rings. The Morgan fingerprint density at radius 3 is 2.59 bits per heavy atom. The second-order valence-corrected chi connectivity index (χ2v) is 8.28. The maximum absolute atomic E-state index is 12.2. The smallest absolute Gasteiger partial charge is 0.252 e. The van der Waals surface area contributed by atoms with Crippen molar-refractivity contribution < 1.29 is 9.53 Å². The summed E-state index contributed by atoms with van der Waals surface area (Å²) in [4.78, 5) is 12.2. The Kier molecular flexibility index (Phi) is 6.80. The van der Waals surface area contributed by atoms with Crippen LogP contribution in [0.4, 0.5) is 0 Å². The summed E-state index contributed by atoms with van der Waals surface area (Å²) < 4.78 is 4.73. The molecular formula is C14H16BrCl3N2O2. The highest BCUT2D eigenvalue weighted by atomic mass is 79.9. The molecule has 122 valence electrons. The Hall–Kier alpha value is -0.0400. The number of carbonyl (C=O) groups excluding carboxylic acids is 1. The van der Waals surface area contributed by atoms with Gasteiger partial charge in [0.1, 0.15) is 6.17 Å². The number of carbonyl (C=O) groups is 1. The number of hydrogen-bond donors (Lipinski definition) is 2. The van der Waals surface area contributed by atoms with Crippen LogP contribution in [-0.4, -0.2) is 35.1 Å². The Morgan fingerprint density at radius 2 is 2.05 bits per heavy atom. The van der Waals surface area contributed by atoms with Crippen molar-refractivity contribution in [1.29, 1.82) is 0 Å². The summed E-state index contributed by atoms with van der Waals surface area (Å²) in [6.45, 7) is 1.26. The first kappa shape index (κ1) is 18.3. The van der Waals surface area contributed by atoms with Crippen LogP contribution in [0, 0.1) is 0 Å². The summed E-state index contributed by atoms with van der Waals surface area (Å²) in [5.41, 5.74) is 0.487. The lowest BCUT2D eigenvalue weighted by Gasteiger charge is -2.27. The Labute approximate surface area is 152 Å². The third-order valence-electron chi connectivity index (χ3n) is 3.28. The fourth-order valence-electron chi connectivity index (χ4n) is 2.12. The highest BCUT2D eigenvalue weighted by Gasteiger charge is 2.34. The van der Waals surface area contributed by atoms with E-state index >= 15 is 0 Å². The number of nitrogens with one attached hydrogen (secondary N) is 2. The summed E-state index contributed by atoms with van der Waals surface area (Å²) >= 11 is 21.2. The first-order valence-electron chi connectivity index (χ1n) is 6.84. The summed E-state index contributed by atoms with van der Waals surface area (Å²) in [7, 11) is 0. The molecule has 0 spiro atoms. The fraction of sp³-hybridized carbons (Fsp3) is 0.500. The van der Waals surface area contributed by atoms with Gasteiger partial charge in [0.05, 0.1) is 6.10 Å². The molecule has 2 N–H and O–H groups in total. The average Bonchev–Trinajstić information content (AvgIpc) is 2.96. The standard InChI is InChI=1S/C14H16BrCl3N2O2/c15-10-5-3-9(4-6-10)12(21)20-13(14(16,17)18)19-8-11-2-1-7-22-11/h3-6,11,13,19H,1-2,7-8H2,(H,20,21)/t11-,13+/m0/s1. The molecule has 4 nitrogen and oxygen atoms in total. The molecule has 1 heterocycles. The third-order valence-corrected chi connectivity index (χ3v) is 4.47. The summed E-state index contributed by atoms with van der Waals surface area (Å²) in [6, 6.07) is 6.93. The minimum Gasteiger partial charge on any atom is -0.377 e. The zero-order valence-corrected chi connectivity index (χ0v) is 15.5. The topological polar surface area (TPSA) is 50.4 Å². The minimum absolute atomic E-state index is 0.0828. The summed E-state index contributed by atoms with van der Waals surface area (Å²) in [5, 5.41) is 5.75. The van der Waals surface area contributed by atoms with E-state index in [9.17, 15) is 4.79 Å². The van der Waals surface area contributed by atoms with Gasteiger partial charge in [0.15, 0.2) is 0 Å². The molecule has 1 fully saturated rings. The van der Waals surface area contributed by atoms with E-state index < -0.39 is 9.96 Å². The Bertz CT molecular complexity index is 502. The maximum Gasteiger partial charge on any atom is 0.252 e. The third kappa shape index (κ3) is 5.55. The molecule has 0 bridgehead atoms. The van der Waals surface area contributed by atoms with Gasteiger partial charge in [0.25, 0.3) is 5.91 Å². The van der Waals surface area contributed by atoms with E-state index in [0.29, 0.717) is 12.1 Å². The van der Waals surface area contributed by atoms with Gasteiger partial charge in [0, 0.05) is 23.2 Å². The molecule has 22 heavy (non-hydrogen) atoms. The molecule has 0 radical (unpaired) electrons. The lowest BCUT2D eigenvalue weighted by molar-refractivity contribution is 0.0897. The number of rotatable bonds is 5. The monoisotopic (exact) mass is 428 g/mol. The molecule has 1 saturated heterocycles. The zero-order valence-electron chi connectivity index (χ0n) is 11.6. The number of halogens is 4. The average molecular weight is 431 g/mol. The van der Waals surface area contributed by atoms with Crippen LogP contribution >= 0.6 is 50.7 Å². The van der Waals surface area contributed by atoms with Crippen molar-refractivity contribution >= 4 is 56.6 Å². The van der Waals surface area contributed by atoms with Gasteiger partial charge in [0.2, 0.25) is 3.79 Å². The van der Waals surface area contributed by atoms with Gasteiger partial charge in [-0.2, -0.15) is 0 Å². The normalized spacial score (nSPS) is 19.9. The molecule has 8 heteroatoms. The van der Waals surface area contributed by atoms with Crippen LogP contribution in [0.5, 0.6) is 0 Å². The predicted octanol–water partition coefficient (Wildman–Crippen LogP) is 3.64. The molecule has 2 atom stereocenters. The Balaban J connectivity index is 1.96. The van der Waals surface area contributed by atoms with Crippen LogP contribution < -0.4 is 10.6 Å². The number of amides is 1. The van der Waals surface area contributed by atoms with E-state index in [4.69, 9.17) is 39.5 Å². The van der Waals surface area contributed by atoms with Crippen molar-refractivity contribution in [2.75, 3.05) is 13.2 Å². The van der Waals surface area contributed by atoms with Gasteiger partial charge in [-0.05, 0) is 37.1 Å². The molecule has 1 amide bonds. The molecule has 0 aromatic heterocycles. The molecule has 1 aromatic rings. The largest absolute Gasteiger partial charge is 0.377 e. The second kappa shape index (κ2) is 8.18. The van der Waals surface area contributed by atoms with Gasteiger partial charge in [-0.3, -0.25) is 10.1 Å². The molecule has 0 saturated carbocycles. The molecule has 1 aromatic carbocycles. The number of alkyl halides is 3. The van der Waals surface area contributed by atoms with Gasteiger partial charge in [-0.1, -0.05) is 50.7 Å². The van der Waals surface area contributed by atoms with Crippen LogP contribution in [0.15, 0.2) is 28.7 Å². The summed E-state index contributed by atoms with van der Waals surface area (Å²) in [5.74, 6) is -0.316. The van der Waals surface area contributed by atoms with Crippen molar-refractivity contribution in [3.8, 4) is 0 Å². The van der Waals surface area contributed by atoms with Crippen LogP contribution in [0.25, 0.3) is 0 Å². The molecular weight excluding hydrogens is 414 g/mol. The number of benzene rings is 1. The molecule has 1 aliphatic heterocycles. The highest BCUT2D eigenvalue weighted by Crippen LogP contribution is 2.29. The zero-order chi connectivity index (χ0) is 16.2. The van der Waals surface area contributed by atoms with Crippen molar-refractivity contribution in [3.05, 3.63) is 34.3 Å². The van der Waals surface area contributed by atoms with Gasteiger partial charge < -0.3 is 10.1 Å².